The van der Waals surface area contributed by atoms with Crippen molar-refractivity contribution in [2.75, 3.05) is 11.9 Å². The van der Waals surface area contributed by atoms with E-state index in [0.717, 1.165) is 6.92 Å². The molecule has 0 saturated heterocycles. The first-order valence-corrected chi connectivity index (χ1v) is 5.63. The fraction of sp³-hybridized carbons (Fsp3) is 0.556. The lowest BCUT2D eigenvalue weighted by Gasteiger charge is -2.17. The topological polar surface area (TPSA) is 47.0 Å². The summed E-state index contributed by atoms with van der Waals surface area (Å²) in [6.45, 7) is 3.31. The molecule has 0 amide bonds. The van der Waals surface area contributed by atoms with Gasteiger partial charge in [0.25, 0.3) is 0 Å². The molecule has 1 aromatic rings. The molecule has 1 aromatic heterocycles. The van der Waals surface area contributed by atoms with Gasteiger partial charge < -0.3 is 10.1 Å². The molecular weight excluding hydrogens is 303 g/mol. The average molecular weight is 314 g/mol. The summed E-state index contributed by atoms with van der Waals surface area (Å²) in [5, 5.41) is 2.78. The molecule has 8 heteroatoms. The van der Waals surface area contributed by atoms with Crippen molar-refractivity contribution >= 4 is 21.9 Å². The van der Waals surface area contributed by atoms with Crippen molar-refractivity contribution in [3.8, 4) is 5.88 Å². The third-order valence-electron chi connectivity index (χ3n) is 1.80. The number of nitrogens with one attached hydrogen (secondary N) is 1. The molecule has 0 aliphatic heterocycles. The van der Waals surface area contributed by atoms with E-state index in [1.165, 1.54) is 6.20 Å². The van der Waals surface area contributed by atoms with E-state index in [-0.39, 0.29) is 16.3 Å². The van der Waals surface area contributed by atoms with E-state index >= 15 is 0 Å². The van der Waals surface area contributed by atoms with E-state index < -0.39 is 12.3 Å². The number of hydrogen-bond donors (Lipinski definition) is 1. The normalized spacial score (nSPS) is 13.3. The van der Waals surface area contributed by atoms with E-state index in [0.29, 0.717) is 6.54 Å². The van der Waals surface area contributed by atoms with E-state index in [2.05, 4.69) is 31.2 Å². The van der Waals surface area contributed by atoms with Crippen LogP contribution in [0.4, 0.5) is 19.1 Å². The predicted octanol–water partition coefficient (Wildman–Crippen LogP) is 3.00. The lowest BCUT2D eigenvalue weighted by Crippen LogP contribution is -2.31. The number of halogens is 4. The van der Waals surface area contributed by atoms with Crippen LogP contribution in [0.25, 0.3) is 0 Å². The van der Waals surface area contributed by atoms with Gasteiger partial charge in [-0.3, -0.25) is 0 Å². The number of ether oxygens (including phenoxy) is 1. The van der Waals surface area contributed by atoms with Gasteiger partial charge in [-0.05, 0) is 29.8 Å². The lowest BCUT2D eigenvalue weighted by atomic mass is 10.4. The molecule has 1 rings (SSSR count). The minimum Gasteiger partial charge on any atom is -0.464 e. The molecule has 1 N–H and O–H groups in total. The zero-order chi connectivity index (χ0) is 13.1. The van der Waals surface area contributed by atoms with Crippen molar-refractivity contribution in [3.63, 3.8) is 0 Å². The standard InChI is InChI=1S/C9H11BrF3N3O/c1-3-14-8-15-4-6(10)7(16-8)17-5(2)9(11,12)13/h4-5H,3H2,1-2H3,(H,14,15,16). The van der Waals surface area contributed by atoms with Crippen LogP contribution < -0.4 is 10.1 Å². The van der Waals surface area contributed by atoms with Crippen LogP contribution in [0.5, 0.6) is 5.88 Å². The van der Waals surface area contributed by atoms with E-state index in [4.69, 9.17) is 4.74 Å². The predicted molar refractivity (Wildman–Crippen MR) is 60.0 cm³/mol. The highest BCUT2D eigenvalue weighted by atomic mass is 79.9. The Morgan fingerprint density at radius 2 is 2.18 bits per heavy atom. The summed E-state index contributed by atoms with van der Waals surface area (Å²) < 4.78 is 42.0. The Morgan fingerprint density at radius 3 is 2.71 bits per heavy atom. The maximum atomic E-state index is 12.3. The Labute approximate surface area is 105 Å². The molecule has 0 spiro atoms. The number of alkyl halides is 3. The summed E-state index contributed by atoms with van der Waals surface area (Å²) in [4.78, 5) is 7.69. The van der Waals surface area contributed by atoms with Crippen LogP contribution in [-0.4, -0.2) is 28.8 Å². The van der Waals surface area contributed by atoms with Gasteiger partial charge in [-0.2, -0.15) is 18.2 Å². The minimum atomic E-state index is -4.43. The molecule has 17 heavy (non-hydrogen) atoms. The second-order valence-corrected chi connectivity index (χ2v) is 4.03. The molecular formula is C9H11BrF3N3O. The van der Waals surface area contributed by atoms with Crippen molar-refractivity contribution in [2.45, 2.75) is 26.1 Å². The Morgan fingerprint density at radius 1 is 1.53 bits per heavy atom. The van der Waals surface area contributed by atoms with Gasteiger partial charge in [0.1, 0.15) is 0 Å². The van der Waals surface area contributed by atoms with Crippen molar-refractivity contribution in [3.05, 3.63) is 10.7 Å². The summed E-state index contributed by atoms with van der Waals surface area (Å²) in [6.07, 6.45) is -5.02. The summed E-state index contributed by atoms with van der Waals surface area (Å²) in [7, 11) is 0. The zero-order valence-corrected chi connectivity index (χ0v) is 10.8. The van der Waals surface area contributed by atoms with Gasteiger partial charge in [0.2, 0.25) is 11.8 Å². The Balaban J connectivity index is 2.86. The SMILES string of the molecule is CCNc1ncc(Br)c(OC(C)C(F)(F)F)n1. The fourth-order valence-corrected chi connectivity index (χ4v) is 1.20. The zero-order valence-electron chi connectivity index (χ0n) is 9.18. The number of hydrogen-bond acceptors (Lipinski definition) is 4. The molecule has 4 nitrogen and oxygen atoms in total. The lowest BCUT2D eigenvalue weighted by molar-refractivity contribution is -0.190. The summed E-state index contributed by atoms with van der Waals surface area (Å²) in [5.74, 6) is 0.0841. The van der Waals surface area contributed by atoms with Crippen LogP contribution in [0.1, 0.15) is 13.8 Å². The third-order valence-corrected chi connectivity index (χ3v) is 2.34. The minimum absolute atomic E-state index is 0.138. The number of rotatable bonds is 4. The van der Waals surface area contributed by atoms with Crippen LogP contribution >= 0.6 is 15.9 Å². The number of nitrogens with zero attached hydrogens (tertiary/aromatic N) is 2. The van der Waals surface area contributed by atoms with Gasteiger partial charge in [-0.25, -0.2) is 4.98 Å². The second kappa shape index (κ2) is 5.52. The molecule has 0 aromatic carbocycles. The van der Waals surface area contributed by atoms with Crippen LogP contribution in [0.3, 0.4) is 0 Å². The van der Waals surface area contributed by atoms with Gasteiger partial charge in [0, 0.05) is 6.54 Å². The van der Waals surface area contributed by atoms with Gasteiger partial charge in [-0.1, -0.05) is 0 Å². The molecule has 0 bridgehead atoms. The van der Waals surface area contributed by atoms with Crippen LogP contribution in [-0.2, 0) is 0 Å². The van der Waals surface area contributed by atoms with Crippen molar-refractivity contribution in [2.24, 2.45) is 0 Å². The van der Waals surface area contributed by atoms with E-state index in [1.807, 2.05) is 6.92 Å². The van der Waals surface area contributed by atoms with Gasteiger partial charge in [-0.15, -0.1) is 0 Å². The highest BCUT2D eigenvalue weighted by Crippen LogP contribution is 2.28. The first kappa shape index (κ1) is 14.0. The van der Waals surface area contributed by atoms with Crippen molar-refractivity contribution in [1.82, 2.24) is 9.97 Å². The Hall–Kier alpha value is -1.05. The maximum Gasteiger partial charge on any atom is 0.425 e. The maximum absolute atomic E-state index is 12.3. The highest BCUT2D eigenvalue weighted by Gasteiger charge is 2.38. The molecule has 1 unspecified atom stereocenters. The van der Waals surface area contributed by atoms with E-state index in [1.54, 1.807) is 0 Å². The molecule has 1 heterocycles. The van der Waals surface area contributed by atoms with Gasteiger partial charge in [0.15, 0.2) is 6.10 Å². The van der Waals surface area contributed by atoms with Crippen LogP contribution in [0.15, 0.2) is 10.7 Å². The summed E-state index contributed by atoms with van der Waals surface area (Å²) >= 11 is 3.03. The number of anilines is 1. The first-order valence-electron chi connectivity index (χ1n) is 4.84. The van der Waals surface area contributed by atoms with Crippen molar-refractivity contribution in [1.29, 1.82) is 0 Å². The average Bonchev–Trinajstić information content (AvgIpc) is 2.22. The number of aromatic nitrogens is 2. The molecule has 0 fully saturated rings. The molecule has 0 aliphatic carbocycles. The molecule has 96 valence electrons. The summed E-state index contributed by atoms with van der Waals surface area (Å²) in [5.41, 5.74) is 0. The first-order chi connectivity index (χ1) is 7.84. The second-order valence-electron chi connectivity index (χ2n) is 3.18. The van der Waals surface area contributed by atoms with E-state index in [9.17, 15) is 13.2 Å². The van der Waals surface area contributed by atoms with Crippen LogP contribution in [0, 0.1) is 0 Å². The molecule has 0 radical (unpaired) electrons. The quantitative estimate of drug-likeness (QED) is 0.928. The van der Waals surface area contributed by atoms with Gasteiger partial charge in [0.05, 0.1) is 10.7 Å². The molecule has 1 atom stereocenters. The van der Waals surface area contributed by atoms with Gasteiger partial charge >= 0.3 is 6.18 Å². The Kier molecular flexibility index (Phi) is 4.55. The van der Waals surface area contributed by atoms with Crippen molar-refractivity contribution < 1.29 is 17.9 Å². The smallest absolute Gasteiger partial charge is 0.425 e. The molecule has 0 saturated carbocycles. The molecule has 0 aliphatic rings. The Bertz CT molecular complexity index is 386. The van der Waals surface area contributed by atoms with Crippen LogP contribution in [0.2, 0.25) is 0 Å². The summed E-state index contributed by atoms with van der Waals surface area (Å²) in [6, 6.07) is 0. The largest absolute Gasteiger partial charge is 0.464 e. The monoisotopic (exact) mass is 313 g/mol. The third kappa shape index (κ3) is 4.03. The fourth-order valence-electron chi connectivity index (χ4n) is 0.912. The highest BCUT2D eigenvalue weighted by molar-refractivity contribution is 9.10.